The van der Waals surface area contributed by atoms with Gasteiger partial charge in [-0.2, -0.15) is 0 Å². The fourth-order valence-electron chi connectivity index (χ4n) is 2.31. The number of likely N-dealkylation sites (tertiary alicyclic amines) is 2. The van der Waals surface area contributed by atoms with Crippen molar-refractivity contribution in [2.75, 3.05) is 26.2 Å². The molecule has 2 saturated heterocycles. The second-order valence-electron chi connectivity index (χ2n) is 6.31. The van der Waals surface area contributed by atoms with Gasteiger partial charge >= 0.3 is 6.09 Å². The number of β-amino-alcohol motifs (C(OH)–C–C–N with tert-alkyl or cyclic N) is 1. The second-order valence-corrected chi connectivity index (χ2v) is 6.31. The Labute approximate surface area is 113 Å². The fourth-order valence-corrected chi connectivity index (χ4v) is 2.31. The first-order valence-electron chi connectivity index (χ1n) is 6.71. The highest BCUT2D eigenvalue weighted by Gasteiger charge is 2.40. The number of aliphatic hydroxyl groups excluding tert-OH is 1. The summed E-state index contributed by atoms with van der Waals surface area (Å²) in [5, 5.41) is 9.41. The van der Waals surface area contributed by atoms with Crippen molar-refractivity contribution in [1.82, 2.24) is 9.80 Å². The molecule has 2 rings (SSSR count). The lowest BCUT2D eigenvalue weighted by molar-refractivity contribution is -0.139. The van der Waals surface area contributed by atoms with E-state index in [4.69, 9.17) is 4.74 Å². The minimum Gasteiger partial charge on any atom is -0.444 e. The molecule has 6 nitrogen and oxygen atoms in total. The van der Waals surface area contributed by atoms with Crippen LogP contribution >= 0.6 is 0 Å². The zero-order valence-corrected chi connectivity index (χ0v) is 11.8. The Morgan fingerprint density at radius 3 is 2.26 bits per heavy atom. The van der Waals surface area contributed by atoms with Crippen LogP contribution in [0.4, 0.5) is 4.79 Å². The van der Waals surface area contributed by atoms with Crippen LogP contribution in [0.5, 0.6) is 0 Å². The van der Waals surface area contributed by atoms with Gasteiger partial charge in [0.15, 0.2) is 0 Å². The maximum Gasteiger partial charge on any atom is 0.410 e. The summed E-state index contributed by atoms with van der Waals surface area (Å²) in [6.07, 6.45) is -0.113. The highest BCUT2D eigenvalue weighted by molar-refractivity contribution is 5.83. The van der Waals surface area contributed by atoms with E-state index in [1.54, 1.807) is 9.80 Å². The predicted molar refractivity (Wildman–Crippen MR) is 68.5 cm³/mol. The minimum atomic E-state index is -0.509. The number of carbonyl (C=O) groups excluding carboxylic acids is 2. The summed E-state index contributed by atoms with van der Waals surface area (Å²) >= 11 is 0. The Hall–Kier alpha value is -1.30. The van der Waals surface area contributed by atoms with Crippen LogP contribution in [0.2, 0.25) is 0 Å². The van der Waals surface area contributed by atoms with Gasteiger partial charge in [-0.15, -0.1) is 0 Å². The summed E-state index contributed by atoms with van der Waals surface area (Å²) in [4.78, 5) is 27.0. The molecule has 0 aromatic rings. The van der Waals surface area contributed by atoms with Crippen molar-refractivity contribution in [2.24, 2.45) is 5.92 Å². The molecule has 6 heteroatoms. The second kappa shape index (κ2) is 5.00. The fraction of sp³-hybridized carbons (Fsp3) is 0.846. The third kappa shape index (κ3) is 3.37. The summed E-state index contributed by atoms with van der Waals surface area (Å²) in [6, 6.07) is 0. The Morgan fingerprint density at radius 1 is 1.16 bits per heavy atom. The maximum absolute atomic E-state index is 12.1. The van der Waals surface area contributed by atoms with Gasteiger partial charge in [0.05, 0.1) is 12.0 Å². The molecule has 0 radical (unpaired) electrons. The number of hydrogen-bond acceptors (Lipinski definition) is 4. The molecule has 1 N–H and O–H groups in total. The van der Waals surface area contributed by atoms with Crippen molar-refractivity contribution in [3.05, 3.63) is 0 Å². The van der Waals surface area contributed by atoms with Gasteiger partial charge in [0.25, 0.3) is 0 Å². The van der Waals surface area contributed by atoms with Crippen molar-refractivity contribution >= 4 is 12.0 Å². The zero-order chi connectivity index (χ0) is 14.2. The Bertz CT molecular complexity index is 371. The predicted octanol–water partition coefficient (Wildman–Crippen LogP) is 0.447. The summed E-state index contributed by atoms with van der Waals surface area (Å²) in [5.41, 5.74) is -0.509. The zero-order valence-electron chi connectivity index (χ0n) is 11.8. The van der Waals surface area contributed by atoms with E-state index >= 15 is 0 Å². The number of amides is 2. The van der Waals surface area contributed by atoms with Crippen molar-refractivity contribution in [2.45, 2.75) is 38.9 Å². The van der Waals surface area contributed by atoms with Crippen molar-refractivity contribution < 1.29 is 19.4 Å². The quantitative estimate of drug-likeness (QED) is 0.751. The van der Waals surface area contributed by atoms with E-state index in [0.717, 1.165) is 0 Å². The molecule has 2 fully saturated rings. The number of aliphatic hydroxyl groups is 1. The summed E-state index contributed by atoms with van der Waals surface area (Å²) in [7, 11) is 0. The Morgan fingerprint density at radius 2 is 1.79 bits per heavy atom. The molecule has 0 aromatic heterocycles. The van der Waals surface area contributed by atoms with E-state index in [1.807, 2.05) is 20.8 Å². The van der Waals surface area contributed by atoms with Gasteiger partial charge < -0.3 is 19.6 Å². The smallest absolute Gasteiger partial charge is 0.410 e. The molecule has 0 aromatic carbocycles. The molecule has 1 atom stereocenters. The third-order valence-corrected chi connectivity index (χ3v) is 3.36. The monoisotopic (exact) mass is 270 g/mol. The topological polar surface area (TPSA) is 70.1 Å². The SMILES string of the molecule is CC(C)(C)OC(=O)N1CC(C(=O)N2CCC(O)C2)C1. The van der Waals surface area contributed by atoms with Crippen LogP contribution in [0.3, 0.4) is 0 Å². The lowest BCUT2D eigenvalue weighted by atomic mass is 9.99. The van der Waals surface area contributed by atoms with E-state index in [0.29, 0.717) is 32.6 Å². The van der Waals surface area contributed by atoms with Crippen LogP contribution in [0, 0.1) is 5.92 Å². The highest BCUT2D eigenvalue weighted by atomic mass is 16.6. The van der Waals surface area contributed by atoms with Gasteiger partial charge in [-0.1, -0.05) is 0 Å². The molecular formula is C13H22N2O4. The number of hydrogen-bond donors (Lipinski definition) is 1. The summed E-state index contributed by atoms with van der Waals surface area (Å²) in [5.74, 6) is -0.103. The lowest BCUT2D eigenvalue weighted by Gasteiger charge is -2.40. The van der Waals surface area contributed by atoms with Crippen LogP contribution in [0.15, 0.2) is 0 Å². The number of carbonyl (C=O) groups is 2. The summed E-state index contributed by atoms with van der Waals surface area (Å²) < 4.78 is 5.23. The van der Waals surface area contributed by atoms with Gasteiger partial charge in [-0.3, -0.25) is 4.79 Å². The normalized spacial score (nSPS) is 24.3. The molecule has 2 amide bonds. The highest BCUT2D eigenvalue weighted by Crippen LogP contribution is 2.23. The van der Waals surface area contributed by atoms with Crippen LogP contribution in [0.25, 0.3) is 0 Å². The van der Waals surface area contributed by atoms with Crippen LogP contribution in [-0.2, 0) is 9.53 Å². The van der Waals surface area contributed by atoms with Crippen molar-refractivity contribution in [3.8, 4) is 0 Å². The average Bonchev–Trinajstić information content (AvgIpc) is 2.59. The largest absolute Gasteiger partial charge is 0.444 e. The molecule has 2 aliphatic heterocycles. The molecule has 1 unspecified atom stereocenters. The standard InChI is InChI=1S/C13H22N2O4/c1-13(2,3)19-12(18)15-6-9(7-15)11(17)14-5-4-10(16)8-14/h9-10,16H,4-8H2,1-3H3. The Balaban J connectivity index is 1.77. The van der Waals surface area contributed by atoms with Crippen LogP contribution in [0.1, 0.15) is 27.2 Å². The molecule has 0 bridgehead atoms. The lowest BCUT2D eigenvalue weighted by Crippen LogP contribution is -2.57. The van der Waals surface area contributed by atoms with Gasteiger partial charge in [-0.25, -0.2) is 4.79 Å². The van der Waals surface area contributed by atoms with Crippen LogP contribution < -0.4 is 0 Å². The molecule has 2 heterocycles. The first-order valence-corrected chi connectivity index (χ1v) is 6.71. The molecule has 0 spiro atoms. The summed E-state index contributed by atoms with van der Waals surface area (Å²) in [6.45, 7) is 7.32. The van der Waals surface area contributed by atoms with E-state index in [9.17, 15) is 14.7 Å². The van der Waals surface area contributed by atoms with E-state index in [-0.39, 0.29) is 17.9 Å². The average molecular weight is 270 g/mol. The first-order chi connectivity index (χ1) is 8.76. The molecule has 2 aliphatic rings. The van der Waals surface area contributed by atoms with Gasteiger partial charge in [0, 0.05) is 26.2 Å². The molecule has 0 saturated carbocycles. The number of ether oxygens (including phenoxy) is 1. The van der Waals surface area contributed by atoms with Gasteiger partial charge in [0.2, 0.25) is 5.91 Å². The van der Waals surface area contributed by atoms with Crippen LogP contribution in [-0.4, -0.2) is 64.8 Å². The number of rotatable bonds is 1. The molecular weight excluding hydrogens is 248 g/mol. The van der Waals surface area contributed by atoms with Crippen molar-refractivity contribution in [3.63, 3.8) is 0 Å². The molecule has 108 valence electrons. The minimum absolute atomic E-state index is 0.0383. The molecule has 19 heavy (non-hydrogen) atoms. The van der Waals surface area contributed by atoms with E-state index in [1.165, 1.54) is 0 Å². The van der Waals surface area contributed by atoms with E-state index < -0.39 is 11.7 Å². The first kappa shape index (κ1) is 14.1. The Kier molecular flexibility index (Phi) is 3.71. The van der Waals surface area contributed by atoms with Gasteiger partial charge in [0.1, 0.15) is 5.60 Å². The number of nitrogens with zero attached hydrogens (tertiary/aromatic N) is 2. The van der Waals surface area contributed by atoms with Gasteiger partial charge in [-0.05, 0) is 27.2 Å². The maximum atomic E-state index is 12.1. The molecule has 0 aliphatic carbocycles. The van der Waals surface area contributed by atoms with E-state index in [2.05, 4.69) is 0 Å². The van der Waals surface area contributed by atoms with Crippen molar-refractivity contribution in [1.29, 1.82) is 0 Å². The third-order valence-electron chi connectivity index (χ3n) is 3.36.